The lowest BCUT2D eigenvalue weighted by Crippen LogP contribution is -2.23. The molecule has 5 heteroatoms. The maximum Gasteiger partial charge on any atom is 0.305 e. The van der Waals surface area contributed by atoms with E-state index in [9.17, 15) is 4.79 Å². The summed E-state index contributed by atoms with van der Waals surface area (Å²) in [6.07, 6.45) is 0.0873. The number of benzene rings is 1. The van der Waals surface area contributed by atoms with E-state index in [1.165, 1.54) is 5.56 Å². The second-order valence-corrected chi connectivity index (χ2v) is 6.48. The molecule has 0 aliphatic heterocycles. The predicted molar refractivity (Wildman–Crippen MR) is 85.0 cm³/mol. The molecule has 3 nitrogen and oxygen atoms in total. The van der Waals surface area contributed by atoms with E-state index in [0.29, 0.717) is 6.54 Å². The van der Waals surface area contributed by atoms with E-state index in [2.05, 4.69) is 39.4 Å². The average Bonchev–Trinajstić information content (AvgIpc) is 2.89. The zero-order valence-electron chi connectivity index (χ0n) is 11.1. The third-order valence-corrected chi connectivity index (χ3v) is 4.74. The van der Waals surface area contributed by atoms with E-state index < -0.39 is 5.97 Å². The van der Waals surface area contributed by atoms with Crippen LogP contribution in [-0.4, -0.2) is 11.1 Å². The molecule has 0 amide bonds. The average molecular weight is 354 g/mol. The summed E-state index contributed by atoms with van der Waals surface area (Å²) in [6, 6.07) is 9.93. The van der Waals surface area contributed by atoms with Gasteiger partial charge in [-0.1, -0.05) is 34.1 Å². The maximum atomic E-state index is 11.0. The molecule has 106 valence electrons. The van der Waals surface area contributed by atoms with Crippen LogP contribution in [0.3, 0.4) is 0 Å². The molecule has 0 bridgehead atoms. The lowest BCUT2D eigenvalue weighted by Gasteiger charge is -2.16. The van der Waals surface area contributed by atoms with Gasteiger partial charge in [-0.2, -0.15) is 0 Å². The summed E-state index contributed by atoms with van der Waals surface area (Å²) < 4.78 is 1.05. The maximum absolute atomic E-state index is 11.0. The Hall–Kier alpha value is -1.17. The van der Waals surface area contributed by atoms with Crippen LogP contribution < -0.4 is 5.32 Å². The Morgan fingerprint density at radius 2 is 2.25 bits per heavy atom. The molecule has 0 aliphatic rings. The summed E-state index contributed by atoms with van der Waals surface area (Å²) in [5, 5.41) is 14.3. The Labute approximate surface area is 130 Å². The van der Waals surface area contributed by atoms with Crippen molar-refractivity contribution in [3.8, 4) is 0 Å². The molecular formula is C15H16BrNO2S. The highest BCUT2D eigenvalue weighted by molar-refractivity contribution is 9.10. The van der Waals surface area contributed by atoms with E-state index in [4.69, 9.17) is 5.11 Å². The number of aryl methyl sites for hydroxylation is 1. The first-order chi connectivity index (χ1) is 9.56. The Bertz CT molecular complexity index is 584. The van der Waals surface area contributed by atoms with E-state index in [0.717, 1.165) is 14.9 Å². The topological polar surface area (TPSA) is 49.3 Å². The standard InChI is InChI=1S/C15H16BrNO2S/c1-10-4-5-11(12(16)7-10)9-17-13(8-15(18)19)14-3-2-6-20-14/h2-7,13,17H,8-9H2,1H3,(H,18,19). The van der Waals surface area contributed by atoms with Gasteiger partial charge in [-0.25, -0.2) is 0 Å². The second kappa shape index (κ2) is 7.02. The van der Waals surface area contributed by atoms with E-state index in [1.54, 1.807) is 11.3 Å². The summed E-state index contributed by atoms with van der Waals surface area (Å²) in [7, 11) is 0. The molecule has 1 unspecified atom stereocenters. The van der Waals surface area contributed by atoms with Crippen molar-refractivity contribution in [2.75, 3.05) is 0 Å². The van der Waals surface area contributed by atoms with Crippen LogP contribution >= 0.6 is 27.3 Å². The Morgan fingerprint density at radius 3 is 2.85 bits per heavy atom. The Morgan fingerprint density at radius 1 is 1.45 bits per heavy atom. The molecule has 0 spiro atoms. The van der Waals surface area contributed by atoms with Crippen molar-refractivity contribution in [3.05, 3.63) is 56.2 Å². The smallest absolute Gasteiger partial charge is 0.305 e. The first-order valence-corrected chi connectivity index (χ1v) is 7.97. The van der Waals surface area contributed by atoms with Crippen molar-refractivity contribution in [2.24, 2.45) is 0 Å². The van der Waals surface area contributed by atoms with Gasteiger partial charge < -0.3 is 10.4 Å². The van der Waals surface area contributed by atoms with Gasteiger partial charge in [0.15, 0.2) is 0 Å². The summed E-state index contributed by atoms with van der Waals surface area (Å²) >= 11 is 5.12. The number of carboxylic acid groups (broad SMARTS) is 1. The van der Waals surface area contributed by atoms with Crippen molar-refractivity contribution in [3.63, 3.8) is 0 Å². The van der Waals surface area contributed by atoms with Crippen molar-refractivity contribution >= 4 is 33.2 Å². The highest BCUT2D eigenvalue weighted by Crippen LogP contribution is 2.24. The van der Waals surface area contributed by atoms with Crippen LogP contribution in [0.4, 0.5) is 0 Å². The van der Waals surface area contributed by atoms with Gasteiger partial charge in [-0.15, -0.1) is 11.3 Å². The van der Waals surface area contributed by atoms with Gasteiger partial charge in [0, 0.05) is 15.9 Å². The number of carbonyl (C=O) groups is 1. The fraction of sp³-hybridized carbons (Fsp3) is 0.267. The number of nitrogens with one attached hydrogen (secondary N) is 1. The van der Waals surface area contributed by atoms with Crippen LogP contribution in [0, 0.1) is 6.92 Å². The molecule has 20 heavy (non-hydrogen) atoms. The van der Waals surface area contributed by atoms with E-state index in [1.807, 2.05) is 24.4 Å². The van der Waals surface area contributed by atoms with Gasteiger partial charge in [0.2, 0.25) is 0 Å². The predicted octanol–water partition coefficient (Wildman–Crippen LogP) is 4.12. The van der Waals surface area contributed by atoms with Crippen LogP contribution in [0.5, 0.6) is 0 Å². The first-order valence-electron chi connectivity index (χ1n) is 6.30. The molecule has 0 aliphatic carbocycles. The van der Waals surface area contributed by atoms with Crippen LogP contribution in [-0.2, 0) is 11.3 Å². The molecule has 0 saturated heterocycles. The minimum Gasteiger partial charge on any atom is -0.481 e. The number of halogens is 1. The van der Waals surface area contributed by atoms with Crippen molar-refractivity contribution < 1.29 is 9.90 Å². The fourth-order valence-corrected chi connectivity index (χ4v) is 3.40. The number of rotatable bonds is 6. The van der Waals surface area contributed by atoms with Crippen molar-refractivity contribution in [2.45, 2.75) is 25.9 Å². The highest BCUT2D eigenvalue weighted by atomic mass is 79.9. The van der Waals surface area contributed by atoms with Gasteiger partial charge in [-0.3, -0.25) is 4.79 Å². The summed E-state index contributed by atoms with van der Waals surface area (Å²) in [4.78, 5) is 12.0. The number of hydrogen-bond acceptors (Lipinski definition) is 3. The summed E-state index contributed by atoms with van der Waals surface area (Å²) in [6.45, 7) is 2.68. The monoisotopic (exact) mass is 353 g/mol. The molecule has 2 aromatic rings. The Kier molecular flexibility index (Phi) is 5.34. The summed E-state index contributed by atoms with van der Waals surface area (Å²) in [5.41, 5.74) is 2.32. The molecule has 2 N–H and O–H groups in total. The molecule has 1 heterocycles. The second-order valence-electron chi connectivity index (χ2n) is 4.64. The van der Waals surface area contributed by atoms with Gasteiger partial charge in [0.05, 0.1) is 12.5 Å². The third-order valence-electron chi connectivity index (χ3n) is 3.01. The van der Waals surface area contributed by atoms with Crippen molar-refractivity contribution in [1.29, 1.82) is 0 Å². The Balaban J connectivity index is 2.07. The molecule has 0 radical (unpaired) electrons. The van der Waals surface area contributed by atoms with Crippen LogP contribution in [0.1, 0.15) is 28.5 Å². The van der Waals surface area contributed by atoms with Gasteiger partial charge in [0.25, 0.3) is 0 Å². The van der Waals surface area contributed by atoms with Gasteiger partial charge in [0.1, 0.15) is 0 Å². The third kappa shape index (κ3) is 4.16. The minimum absolute atomic E-state index is 0.0873. The van der Waals surface area contributed by atoms with E-state index in [-0.39, 0.29) is 12.5 Å². The molecule has 0 fully saturated rings. The van der Waals surface area contributed by atoms with Crippen LogP contribution in [0.2, 0.25) is 0 Å². The van der Waals surface area contributed by atoms with Gasteiger partial charge >= 0.3 is 5.97 Å². The van der Waals surface area contributed by atoms with Crippen molar-refractivity contribution in [1.82, 2.24) is 5.32 Å². The fourth-order valence-electron chi connectivity index (χ4n) is 1.97. The largest absolute Gasteiger partial charge is 0.481 e. The highest BCUT2D eigenvalue weighted by Gasteiger charge is 2.16. The molecule has 2 rings (SSSR count). The lowest BCUT2D eigenvalue weighted by molar-refractivity contribution is -0.137. The van der Waals surface area contributed by atoms with Crippen LogP contribution in [0.15, 0.2) is 40.2 Å². The van der Waals surface area contributed by atoms with Gasteiger partial charge in [-0.05, 0) is 35.6 Å². The zero-order valence-corrected chi connectivity index (χ0v) is 13.5. The number of aliphatic carboxylic acids is 1. The SMILES string of the molecule is Cc1ccc(CNC(CC(=O)O)c2cccs2)c(Br)c1. The molecule has 1 aromatic heterocycles. The summed E-state index contributed by atoms with van der Waals surface area (Å²) in [5.74, 6) is -0.793. The number of hydrogen-bond donors (Lipinski definition) is 2. The number of thiophene rings is 1. The number of carboxylic acids is 1. The molecule has 1 aromatic carbocycles. The molecule has 1 atom stereocenters. The first kappa shape index (κ1) is 15.2. The lowest BCUT2D eigenvalue weighted by atomic mass is 10.1. The molecule has 0 saturated carbocycles. The van der Waals surface area contributed by atoms with E-state index >= 15 is 0 Å². The minimum atomic E-state index is -0.793. The quantitative estimate of drug-likeness (QED) is 0.820. The molecular weight excluding hydrogens is 338 g/mol. The van der Waals surface area contributed by atoms with Crippen LogP contribution in [0.25, 0.3) is 0 Å². The zero-order chi connectivity index (χ0) is 14.5. The normalized spacial score (nSPS) is 12.3.